The minimum Gasteiger partial charge on any atom is -0.478 e. The number of aliphatic carboxylic acids is 2. The number of esters is 1. The van der Waals surface area contributed by atoms with Crippen LogP contribution in [0.5, 0.6) is 0 Å². The number of nitriles is 1. The van der Waals surface area contributed by atoms with E-state index in [-0.39, 0.29) is 17.1 Å². The summed E-state index contributed by atoms with van der Waals surface area (Å²) in [7, 11) is 1.33. The third kappa shape index (κ3) is 30.5. The van der Waals surface area contributed by atoms with Crippen LogP contribution < -0.4 is 0 Å². The molecule has 0 heterocycles. The highest BCUT2D eigenvalue weighted by Gasteiger charge is 1.96. The summed E-state index contributed by atoms with van der Waals surface area (Å²) in [5.74, 6) is -2.18. The van der Waals surface area contributed by atoms with Gasteiger partial charge < -0.3 is 14.9 Å². The van der Waals surface area contributed by atoms with Crippen molar-refractivity contribution < 1.29 is 29.3 Å². The lowest BCUT2D eigenvalue weighted by atomic mass is 10.2. The lowest BCUT2D eigenvalue weighted by Crippen LogP contribution is -1.98. The largest absolute Gasteiger partial charge is 0.478 e. The molecule has 1 aromatic carbocycles. The van der Waals surface area contributed by atoms with Crippen LogP contribution in [0, 0.1) is 11.3 Å². The summed E-state index contributed by atoms with van der Waals surface area (Å²) < 4.78 is 4.27. The third-order valence-electron chi connectivity index (χ3n) is 2.75. The number of rotatable bonds is 5. The van der Waals surface area contributed by atoms with Crippen LogP contribution in [0.1, 0.15) is 32.8 Å². The van der Waals surface area contributed by atoms with Crippen molar-refractivity contribution in [1.82, 2.24) is 0 Å². The van der Waals surface area contributed by atoms with Crippen molar-refractivity contribution in [2.45, 2.75) is 27.2 Å². The number of carbonyl (C=O) groups is 3. The number of methoxy groups -OCH3 is 1. The molecule has 1 aromatic rings. The van der Waals surface area contributed by atoms with E-state index in [1.54, 1.807) is 19.9 Å². The van der Waals surface area contributed by atoms with Gasteiger partial charge in [-0.25, -0.2) is 14.4 Å². The number of hydrogen-bond acceptors (Lipinski definition) is 5. The van der Waals surface area contributed by atoms with Crippen molar-refractivity contribution in [3.05, 3.63) is 91.6 Å². The quantitative estimate of drug-likeness (QED) is 0.352. The van der Waals surface area contributed by atoms with Crippen LogP contribution in [-0.4, -0.2) is 35.2 Å². The van der Waals surface area contributed by atoms with Gasteiger partial charge in [-0.1, -0.05) is 76.2 Å². The summed E-state index contributed by atoms with van der Waals surface area (Å²) in [6.07, 6.45) is 3.54. The fourth-order valence-electron chi connectivity index (χ4n) is 0.915. The Bertz CT molecular complexity index is 763. The van der Waals surface area contributed by atoms with Crippen molar-refractivity contribution in [3.8, 4) is 6.07 Å². The summed E-state index contributed by atoms with van der Waals surface area (Å²) in [6.45, 7) is 21.3. The Morgan fingerprint density at radius 1 is 1.00 bits per heavy atom. The number of nitrogens with zero attached hydrogens (tertiary/aromatic N) is 1. The summed E-state index contributed by atoms with van der Waals surface area (Å²) >= 11 is 0. The van der Waals surface area contributed by atoms with Crippen LogP contribution in [0.3, 0.4) is 0 Å². The van der Waals surface area contributed by atoms with E-state index in [1.165, 1.54) is 25.7 Å². The normalized spacial score (nSPS) is 7.47. The van der Waals surface area contributed by atoms with Crippen LogP contribution >= 0.6 is 0 Å². The zero-order valence-electron chi connectivity index (χ0n) is 19.3. The molecular formula is C25H33NO6. The van der Waals surface area contributed by atoms with E-state index in [0.29, 0.717) is 12.0 Å². The molecule has 0 saturated carbocycles. The van der Waals surface area contributed by atoms with E-state index in [9.17, 15) is 14.4 Å². The molecular weight excluding hydrogens is 410 g/mol. The first kappa shape index (κ1) is 35.3. The molecule has 0 bridgehead atoms. The molecule has 0 aromatic heterocycles. The maximum Gasteiger partial charge on any atom is 0.332 e. The Labute approximate surface area is 191 Å². The highest BCUT2D eigenvalue weighted by molar-refractivity contribution is 5.86. The van der Waals surface area contributed by atoms with Gasteiger partial charge in [0.05, 0.1) is 13.2 Å². The van der Waals surface area contributed by atoms with Crippen molar-refractivity contribution in [1.29, 1.82) is 5.26 Å². The van der Waals surface area contributed by atoms with Gasteiger partial charge in [-0.3, -0.25) is 0 Å². The first-order chi connectivity index (χ1) is 14.9. The van der Waals surface area contributed by atoms with Crippen molar-refractivity contribution in [2.24, 2.45) is 0 Å². The maximum absolute atomic E-state index is 10.2. The topological polar surface area (TPSA) is 125 Å². The average Bonchev–Trinajstić information content (AvgIpc) is 2.79. The van der Waals surface area contributed by atoms with Gasteiger partial charge in [0.15, 0.2) is 0 Å². The second kappa shape index (κ2) is 24.9. The number of carboxylic acids is 2. The zero-order valence-corrected chi connectivity index (χ0v) is 19.3. The van der Waals surface area contributed by atoms with Crippen molar-refractivity contribution >= 4 is 24.0 Å². The molecule has 0 fully saturated rings. The number of allylic oxidation sites excluding steroid dienone is 1. The highest BCUT2D eigenvalue weighted by atomic mass is 16.5. The van der Waals surface area contributed by atoms with Gasteiger partial charge in [-0.2, -0.15) is 5.26 Å². The molecule has 174 valence electrons. The van der Waals surface area contributed by atoms with E-state index in [4.69, 9.17) is 15.5 Å². The van der Waals surface area contributed by atoms with Crippen LogP contribution in [0.2, 0.25) is 0 Å². The molecule has 7 nitrogen and oxygen atoms in total. The molecule has 0 unspecified atom stereocenters. The van der Waals surface area contributed by atoms with Gasteiger partial charge >= 0.3 is 17.9 Å². The molecule has 0 radical (unpaired) electrons. The van der Waals surface area contributed by atoms with Gasteiger partial charge in [-0.05, 0) is 25.8 Å². The minimum atomic E-state index is -0.935. The van der Waals surface area contributed by atoms with E-state index < -0.39 is 11.9 Å². The fraction of sp³-hybridized carbons (Fsp3) is 0.200. The molecule has 0 atom stereocenters. The smallest absolute Gasteiger partial charge is 0.332 e. The van der Waals surface area contributed by atoms with Gasteiger partial charge in [0.1, 0.15) is 0 Å². The second-order valence-corrected chi connectivity index (χ2v) is 5.57. The Morgan fingerprint density at radius 2 is 1.41 bits per heavy atom. The van der Waals surface area contributed by atoms with E-state index in [2.05, 4.69) is 37.6 Å². The molecule has 0 spiro atoms. The summed E-state index contributed by atoms with van der Waals surface area (Å²) in [6, 6.07) is 11.7. The minimum absolute atomic E-state index is 0.176. The lowest BCUT2D eigenvalue weighted by Gasteiger charge is -1.91. The predicted molar refractivity (Wildman–Crippen MR) is 129 cm³/mol. The van der Waals surface area contributed by atoms with Crippen LogP contribution in [0.25, 0.3) is 6.08 Å². The number of ether oxygens (including phenoxy) is 1. The van der Waals surface area contributed by atoms with Gasteiger partial charge in [0, 0.05) is 22.8 Å². The molecule has 0 saturated heterocycles. The van der Waals surface area contributed by atoms with E-state index >= 15 is 0 Å². The predicted octanol–water partition coefficient (Wildman–Crippen LogP) is 5.45. The van der Waals surface area contributed by atoms with Crippen LogP contribution in [-0.2, 0) is 19.1 Å². The number of benzene rings is 1. The standard InChI is InChI=1S/C8H8.2C5H8O2.C4H6O2.C3H3N/c1-2-8-6-4-3-5-7-8;1-4(2)5(6)7-3;1-3-4(2)5(6)7;1-3(2)4(5)6;1-2-3-4/h2-7H,1H2;1H2,2-3H3;2-3H2,1H3,(H,6,7);1H2,2H3,(H,5,6);2H,1H2. The van der Waals surface area contributed by atoms with Crippen molar-refractivity contribution in [2.75, 3.05) is 7.11 Å². The van der Waals surface area contributed by atoms with Gasteiger partial charge in [0.25, 0.3) is 0 Å². The first-order valence-corrected chi connectivity index (χ1v) is 9.07. The Kier molecular flexibility index (Phi) is 27.4. The van der Waals surface area contributed by atoms with E-state index in [0.717, 1.165) is 0 Å². The second-order valence-electron chi connectivity index (χ2n) is 5.57. The monoisotopic (exact) mass is 443 g/mol. The van der Waals surface area contributed by atoms with Crippen LogP contribution in [0.15, 0.2) is 86.0 Å². The van der Waals surface area contributed by atoms with Crippen LogP contribution in [0.4, 0.5) is 0 Å². The number of carboxylic acid groups (broad SMARTS) is 2. The first-order valence-electron chi connectivity index (χ1n) is 9.07. The third-order valence-corrected chi connectivity index (χ3v) is 2.75. The lowest BCUT2D eigenvalue weighted by molar-refractivity contribution is -0.136. The molecule has 1 rings (SSSR count). The van der Waals surface area contributed by atoms with Gasteiger partial charge in [-0.15, -0.1) is 0 Å². The Balaban J connectivity index is -0.000000156. The molecule has 0 aliphatic heterocycles. The number of carbonyl (C=O) groups excluding carboxylic acids is 1. The maximum atomic E-state index is 10.2. The summed E-state index contributed by atoms with van der Waals surface area (Å²) in [4.78, 5) is 29.6. The summed E-state index contributed by atoms with van der Waals surface area (Å²) in [5, 5.41) is 23.5. The molecule has 2 N–H and O–H groups in total. The molecule has 0 aliphatic carbocycles. The molecule has 0 aliphatic rings. The van der Waals surface area contributed by atoms with Crippen molar-refractivity contribution in [3.63, 3.8) is 0 Å². The van der Waals surface area contributed by atoms with E-state index in [1.807, 2.05) is 36.4 Å². The SMILES string of the molecule is C=C(C)C(=O)O.C=C(C)C(=O)OC.C=C(CC)C(=O)O.C=CC#N.C=Cc1ccccc1. The highest BCUT2D eigenvalue weighted by Crippen LogP contribution is 1.97. The molecule has 0 amide bonds. The molecule has 32 heavy (non-hydrogen) atoms. The Hall–Kier alpha value is -4.18. The zero-order chi connectivity index (χ0) is 26.1. The molecule has 7 heteroatoms. The number of hydrogen-bond donors (Lipinski definition) is 2. The Morgan fingerprint density at radius 3 is 1.50 bits per heavy atom. The van der Waals surface area contributed by atoms with Gasteiger partial charge in [0.2, 0.25) is 0 Å². The average molecular weight is 444 g/mol. The summed E-state index contributed by atoms with van der Waals surface area (Å²) in [5.41, 5.74) is 2.05. The fourth-order valence-corrected chi connectivity index (χ4v) is 0.915.